The van der Waals surface area contributed by atoms with Crippen LogP contribution in [0.3, 0.4) is 0 Å². The van der Waals surface area contributed by atoms with E-state index in [4.69, 9.17) is 15.9 Å². The van der Waals surface area contributed by atoms with E-state index in [0.29, 0.717) is 41.6 Å². The van der Waals surface area contributed by atoms with Gasteiger partial charge in [0.25, 0.3) is 5.91 Å². The van der Waals surface area contributed by atoms with E-state index < -0.39 is 0 Å². The molecule has 7 nitrogen and oxygen atoms in total. The molecule has 0 saturated carbocycles. The van der Waals surface area contributed by atoms with Crippen LogP contribution in [0.1, 0.15) is 35.8 Å². The van der Waals surface area contributed by atoms with Crippen LogP contribution in [0.2, 0.25) is 0 Å². The number of hydrogen-bond acceptors (Lipinski definition) is 6. The summed E-state index contributed by atoms with van der Waals surface area (Å²) in [6, 6.07) is 7.05. The summed E-state index contributed by atoms with van der Waals surface area (Å²) in [5.41, 5.74) is 7.94. The van der Waals surface area contributed by atoms with Gasteiger partial charge in [0.1, 0.15) is 17.8 Å². The predicted molar refractivity (Wildman–Crippen MR) is 99.5 cm³/mol. The third-order valence-corrected chi connectivity index (χ3v) is 4.52. The van der Waals surface area contributed by atoms with Gasteiger partial charge in [0.15, 0.2) is 0 Å². The van der Waals surface area contributed by atoms with E-state index in [-0.39, 0.29) is 11.8 Å². The summed E-state index contributed by atoms with van der Waals surface area (Å²) in [5, 5.41) is 7.90. The third kappa shape index (κ3) is 3.99. The number of nitrogen functional groups attached to an aromatic ring is 1. The van der Waals surface area contributed by atoms with Crippen LogP contribution >= 0.6 is 0 Å². The third-order valence-electron chi connectivity index (χ3n) is 4.52. The standard InChI is InChI=1S/C19H23N5O2/c1-13(20)18-15(21)5-2-6-17(18)26-11-14-4-3-9-24(10-14)19(25)16-7-8-22-12-23-16/h2,5-8,12,14,20H,3-4,9-11,21H2,1H3. The van der Waals surface area contributed by atoms with Gasteiger partial charge < -0.3 is 20.8 Å². The molecule has 7 heteroatoms. The van der Waals surface area contributed by atoms with Crippen molar-refractivity contribution in [3.8, 4) is 5.75 Å². The molecule has 136 valence electrons. The quantitative estimate of drug-likeness (QED) is 0.634. The van der Waals surface area contributed by atoms with Crippen LogP contribution in [0.4, 0.5) is 5.69 Å². The maximum atomic E-state index is 12.6. The van der Waals surface area contributed by atoms with Crippen molar-refractivity contribution in [3.05, 3.63) is 48.0 Å². The van der Waals surface area contributed by atoms with Crippen molar-refractivity contribution in [2.45, 2.75) is 19.8 Å². The molecule has 0 bridgehead atoms. The molecule has 0 spiro atoms. The number of nitrogens with zero attached hydrogens (tertiary/aromatic N) is 3. The molecule has 1 unspecified atom stereocenters. The van der Waals surface area contributed by atoms with Gasteiger partial charge in [-0.1, -0.05) is 6.07 Å². The van der Waals surface area contributed by atoms with Crippen molar-refractivity contribution in [1.29, 1.82) is 5.41 Å². The molecule has 26 heavy (non-hydrogen) atoms. The first-order chi connectivity index (χ1) is 12.6. The number of amides is 1. The minimum absolute atomic E-state index is 0.0721. The molecule has 0 radical (unpaired) electrons. The van der Waals surface area contributed by atoms with Gasteiger partial charge in [0.05, 0.1) is 12.2 Å². The van der Waals surface area contributed by atoms with Crippen molar-refractivity contribution >= 4 is 17.3 Å². The lowest BCUT2D eigenvalue weighted by Gasteiger charge is -2.32. The Balaban J connectivity index is 1.64. The largest absolute Gasteiger partial charge is 0.492 e. The Bertz CT molecular complexity index is 794. The molecule has 1 aliphatic rings. The van der Waals surface area contributed by atoms with Gasteiger partial charge in [-0.25, -0.2) is 9.97 Å². The van der Waals surface area contributed by atoms with Gasteiger partial charge in [-0.05, 0) is 38.0 Å². The molecular formula is C19H23N5O2. The smallest absolute Gasteiger partial charge is 0.272 e. The number of likely N-dealkylation sites (tertiary alicyclic amines) is 1. The second kappa shape index (κ2) is 7.95. The molecule has 1 atom stereocenters. The molecular weight excluding hydrogens is 330 g/mol. The molecule has 1 amide bonds. The van der Waals surface area contributed by atoms with Crippen LogP contribution in [0, 0.1) is 11.3 Å². The predicted octanol–water partition coefficient (Wildman–Crippen LogP) is 2.38. The van der Waals surface area contributed by atoms with Crippen LogP contribution in [0.25, 0.3) is 0 Å². The Morgan fingerprint density at radius 1 is 1.42 bits per heavy atom. The van der Waals surface area contributed by atoms with Crippen LogP contribution in [-0.2, 0) is 0 Å². The summed E-state index contributed by atoms with van der Waals surface area (Å²) in [5.74, 6) is 0.781. The lowest BCUT2D eigenvalue weighted by molar-refractivity contribution is 0.0627. The molecule has 2 heterocycles. The summed E-state index contributed by atoms with van der Waals surface area (Å²) in [4.78, 5) is 22.3. The number of anilines is 1. The lowest BCUT2D eigenvalue weighted by atomic mass is 9.98. The summed E-state index contributed by atoms with van der Waals surface area (Å²) in [6.45, 7) is 3.53. The average molecular weight is 353 g/mol. The Morgan fingerprint density at radius 3 is 3.00 bits per heavy atom. The highest BCUT2D eigenvalue weighted by Crippen LogP contribution is 2.26. The normalized spacial score (nSPS) is 17.0. The van der Waals surface area contributed by atoms with E-state index in [1.54, 1.807) is 25.3 Å². The number of aromatic nitrogens is 2. The van der Waals surface area contributed by atoms with E-state index in [0.717, 1.165) is 19.4 Å². The Morgan fingerprint density at radius 2 is 2.27 bits per heavy atom. The van der Waals surface area contributed by atoms with E-state index in [1.165, 1.54) is 6.33 Å². The van der Waals surface area contributed by atoms with Crippen LogP contribution in [-0.4, -0.2) is 46.2 Å². The van der Waals surface area contributed by atoms with Crippen molar-refractivity contribution < 1.29 is 9.53 Å². The number of carbonyl (C=O) groups is 1. The molecule has 1 aromatic carbocycles. The highest BCUT2D eigenvalue weighted by molar-refractivity contribution is 6.03. The van der Waals surface area contributed by atoms with Crippen molar-refractivity contribution in [3.63, 3.8) is 0 Å². The summed E-state index contributed by atoms with van der Waals surface area (Å²) < 4.78 is 5.97. The van der Waals surface area contributed by atoms with E-state index in [9.17, 15) is 4.79 Å². The number of rotatable bonds is 5. The Kier molecular flexibility index (Phi) is 5.46. The fourth-order valence-electron chi connectivity index (χ4n) is 3.24. The van der Waals surface area contributed by atoms with Gasteiger partial charge >= 0.3 is 0 Å². The van der Waals surface area contributed by atoms with Gasteiger partial charge in [-0.2, -0.15) is 0 Å². The topological polar surface area (TPSA) is 105 Å². The zero-order valence-electron chi connectivity index (χ0n) is 14.8. The molecule has 0 aliphatic carbocycles. The van der Waals surface area contributed by atoms with Gasteiger partial charge in [0, 0.05) is 36.6 Å². The Hall–Kier alpha value is -2.96. The summed E-state index contributed by atoms with van der Waals surface area (Å²) >= 11 is 0. The number of carbonyl (C=O) groups excluding carboxylic acids is 1. The summed E-state index contributed by atoms with van der Waals surface area (Å²) in [7, 11) is 0. The van der Waals surface area contributed by atoms with Gasteiger partial charge in [-0.15, -0.1) is 0 Å². The number of benzene rings is 1. The average Bonchev–Trinajstić information content (AvgIpc) is 2.66. The fraction of sp³-hybridized carbons (Fsp3) is 0.368. The number of nitrogens with two attached hydrogens (primary N) is 1. The minimum Gasteiger partial charge on any atom is -0.492 e. The maximum absolute atomic E-state index is 12.6. The number of piperidine rings is 1. The molecule has 1 fully saturated rings. The van der Waals surface area contributed by atoms with Crippen molar-refractivity contribution in [2.24, 2.45) is 5.92 Å². The Labute approximate surface area is 152 Å². The fourth-order valence-corrected chi connectivity index (χ4v) is 3.24. The molecule has 1 aliphatic heterocycles. The number of hydrogen-bond donors (Lipinski definition) is 2. The maximum Gasteiger partial charge on any atom is 0.272 e. The lowest BCUT2D eigenvalue weighted by Crippen LogP contribution is -2.41. The monoisotopic (exact) mass is 353 g/mol. The first-order valence-electron chi connectivity index (χ1n) is 8.68. The highest BCUT2D eigenvalue weighted by Gasteiger charge is 2.26. The van der Waals surface area contributed by atoms with Crippen molar-refractivity contribution in [1.82, 2.24) is 14.9 Å². The number of nitrogens with one attached hydrogen (secondary N) is 1. The second-order valence-corrected chi connectivity index (χ2v) is 6.51. The first kappa shape index (κ1) is 17.8. The van der Waals surface area contributed by atoms with E-state index in [1.807, 2.05) is 17.0 Å². The SMILES string of the molecule is CC(=N)c1c(N)cccc1OCC1CCCN(C(=O)c2ccncn2)C1. The van der Waals surface area contributed by atoms with Crippen LogP contribution in [0.15, 0.2) is 36.8 Å². The zero-order chi connectivity index (χ0) is 18.5. The van der Waals surface area contributed by atoms with Crippen LogP contribution < -0.4 is 10.5 Å². The molecule has 1 aromatic heterocycles. The molecule has 3 N–H and O–H groups in total. The van der Waals surface area contributed by atoms with Crippen molar-refractivity contribution in [2.75, 3.05) is 25.4 Å². The van der Waals surface area contributed by atoms with Crippen LogP contribution in [0.5, 0.6) is 5.75 Å². The van der Waals surface area contributed by atoms with E-state index >= 15 is 0 Å². The van der Waals surface area contributed by atoms with Gasteiger partial charge in [-0.3, -0.25) is 4.79 Å². The molecule has 3 rings (SSSR count). The zero-order valence-corrected chi connectivity index (χ0v) is 14.8. The number of ether oxygens (including phenoxy) is 1. The van der Waals surface area contributed by atoms with Gasteiger partial charge in [0.2, 0.25) is 0 Å². The highest BCUT2D eigenvalue weighted by atomic mass is 16.5. The molecule has 2 aromatic rings. The first-order valence-corrected chi connectivity index (χ1v) is 8.68. The summed E-state index contributed by atoms with van der Waals surface area (Å²) in [6.07, 6.45) is 4.89. The second-order valence-electron chi connectivity index (χ2n) is 6.51. The molecule has 1 saturated heterocycles. The van der Waals surface area contributed by atoms with E-state index in [2.05, 4.69) is 9.97 Å². The minimum atomic E-state index is -0.0721.